The predicted octanol–water partition coefficient (Wildman–Crippen LogP) is 4.00. The van der Waals surface area contributed by atoms with E-state index >= 15 is 0 Å². The maximum Gasteiger partial charge on any atom is 0.241 e. The molecule has 8 nitrogen and oxygen atoms in total. The number of methoxy groups -OCH3 is 2. The van der Waals surface area contributed by atoms with Crippen LogP contribution in [0.2, 0.25) is 5.02 Å². The smallest absolute Gasteiger partial charge is 0.241 e. The van der Waals surface area contributed by atoms with E-state index in [2.05, 4.69) is 10.0 Å². The van der Waals surface area contributed by atoms with Gasteiger partial charge in [-0.2, -0.15) is 4.72 Å². The fourth-order valence-corrected chi connectivity index (χ4v) is 5.22. The highest BCUT2D eigenvalue weighted by Crippen LogP contribution is 2.28. The summed E-state index contributed by atoms with van der Waals surface area (Å²) in [5.74, 6) is 1.15. The lowest BCUT2D eigenvalue weighted by Crippen LogP contribution is -2.48. The predicted molar refractivity (Wildman–Crippen MR) is 143 cm³/mol. The average Bonchev–Trinajstić information content (AvgIpc) is 2.89. The zero-order valence-corrected chi connectivity index (χ0v) is 22.6. The highest BCUT2D eigenvalue weighted by atomic mass is 35.5. The fraction of sp³-hybridized carbons (Fsp3) is 0.296. The molecule has 3 rings (SSSR count). The van der Waals surface area contributed by atoms with E-state index in [4.69, 9.17) is 25.8 Å². The Morgan fingerprint density at radius 3 is 2.27 bits per heavy atom. The summed E-state index contributed by atoms with van der Waals surface area (Å²) >= 11 is 6.20. The number of carbonyl (C=O) groups excluding carboxylic acids is 1. The fourth-order valence-electron chi connectivity index (χ4n) is 3.70. The van der Waals surface area contributed by atoms with Crippen LogP contribution in [0, 0.1) is 0 Å². The molecule has 0 aromatic heterocycles. The molecule has 2 N–H and O–H groups in total. The second-order valence-electron chi connectivity index (χ2n) is 8.12. The van der Waals surface area contributed by atoms with Gasteiger partial charge in [0, 0.05) is 6.54 Å². The van der Waals surface area contributed by atoms with E-state index in [1.165, 1.54) is 18.2 Å². The SMILES string of the molecule is CCOc1ccc(S(=O)(=O)NC(Cc2ccccc2)C(=O)NCCc2ccc(OC)c(OC)c2)cc1Cl. The normalized spacial score (nSPS) is 12.0. The molecule has 0 saturated carbocycles. The summed E-state index contributed by atoms with van der Waals surface area (Å²) in [7, 11) is -0.935. The lowest BCUT2D eigenvalue weighted by molar-refractivity contribution is -0.122. The summed E-state index contributed by atoms with van der Waals surface area (Å²) in [5.41, 5.74) is 1.75. The number of sulfonamides is 1. The second kappa shape index (κ2) is 13.3. The van der Waals surface area contributed by atoms with Gasteiger partial charge in [-0.05, 0) is 61.2 Å². The van der Waals surface area contributed by atoms with Crippen molar-refractivity contribution in [3.63, 3.8) is 0 Å². The maximum atomic E-state index is 13.2. The number of carbonyl (C=O) groups is 1. The van der Waals surface area contributed by atoms with E-state index < -0.39 is 22.0 Å². The van der Waals surface area contributed by atoms with Crippen LogP contribution in [0.1, 0.15) is 18.1 Å². The Kier molecular flexibility index (Phi) is 10.2. The van der Waals surface area contributed by atoms with Crippen LogP contribution < -0.4 is 24.2 Å². The Morgan fingerprint density at radius 1 is 0.919 bits per heavy atom. The highest BCUT2D eigenvalue weighted by Gasteiger charge is 2.26. The van der Waals surface area contributed by atoms with Gasteiger partial charge in [0.2, 0.25) is 15.9 Å². The summed E-state index contributed by atoms with van der Waals surface area (Å²) in [6.07, 6.45) is 0.693. The van der Waals surface area contributed by atoms with Crippen molar-refractivity contribution in [2.24, 2.45) is 0 Å². The van der Waals surface area contributed by atoms with E-state index in [9.17, 15) is 13.2 Å². The molecular weight excluding hydrogens is 516 g/mol. The average molecular weight is 547 g/mol. The zero-order valence-electron chi connectivity index (χ0n) is 21.0. The molecule has 198 valence electrons. The summed E-state index contributed by atoms with van der Waals surface area (Å²) < 4.78 is 44.8. The molecule has 0 heterocycles. The Hall–Kier alpha value is -3.27. The van der Waals surface area contributed by atoms with Crippen molar-refractivity contribution in [1.29, 1.82) is 0 Å². The summed E-state index contributed by atoms with van der Waals surface area (Å²) in [6, 6.07) is 17.9. The Labute approximate surface area is 222 Å². The number of amides is 1. The molecule has 0 fully saturated rings. The van der Waals surface area contributed by atoms with Gasteiger partial charge in [-0.1, -0.05) is 48.0 Å². The van der Waals surface area contributed by atoms with Gasteiger partial charge in [0.15, 0.2) is 11.5 Å². The third kappa shape index (κ3) is 7.85. The number of nitrogens with one attached hydrogen (secondary N) is 2. The van der Waals surface area contributed by atoms with Gasteiger partial charge in [-0.3, -0.25) is 4.79 Å². The molecule has 3 aromatic rings. The van der Waals surface area contributed by atoms with E-state index in [1.54, 1.807) is 27.2 Å². The molecule has 37 heavy (non-hydrogen) atoms. The Bertz CT molecular complexity index is 1300. The van der Waals surface area contributed by atoms with E-state index in [1.807, 2.05) is 42.5 Å². The molecule has 0 aliphatic heterocycles. The van der Waals surface area contributed by atoms with Crippen molar-refractivity contribution in [3.8, 4) is 17.2 Å². The first kappa shape index (κ1) is 28.3. The molecule has 1 amide bonds. The topological polar surface area (TPSA) is 103 Å². The van der Waals surface area contributed by atoms with Gasteiger partial charge < -0.3 is 19.5 Å². The third-order valence-corrected chi connectivity index (χ3v) is 7.34. The minimum Gasteiger partial charge on any atom is -0.493 e. The lowest BCUT2D eigenvalue weighted by atomic mass is 10.1. The van der Waals surface area contributed by atoms with Crippen LogP contribution in [0.3, 0.4) is 0 Å². The maximum absolute atomic E-state index is 13.2. The van der Waals surface area contributed by atoms with Gasteiger partial charge in [-0.15, -0.1) is 0 Å². The van der Waals surface area contributed by atoms with Crippen LogP contribution in [0.4, 0.5) is 0 Å². The van der Waals surface area contributed by atoms with Crippen molar-refractivity contribution in [2.45, 2.75) is 30.7 Å². The van der Waals surface area contributed by atoms with Crippen molar-refractivity contribution in [3.05, 3.63) is 82.9 Å². The quantitative estimate of drug-likeness (QED) is 0.336. The van der Waals surface area contributed by atoms with Crippen molar-refractivity contribution >= 4 is 27.5 Å². The molecule has 3 aromatic carbocycles. The number of rotatable bonds is 13. The number of hydrogen-bond acceptors (Lipinski definition) is 6. The minimum absolute atomic E-state index is 0.0582. The van der Waals surface area contributed by atoms with Crippen molar-refractivity contribution in [2.75, 3.05) is 27.4 Å². The minimum atomic E-state index is -4.05. The first-order chi connectivity index (χ1) is 17.8. The van der Waals surface area contributed by atoms with E-state index in [0.717, 1.165) is 11.1 Å². The first-order valence-corrected chi connectivity index (χ1v) is 13.6. The van der Waals surface area contributed by atoms with Crippen LogP contribution >= 0.6 is 11.6 Å². The van der Waals surface area contributed by atoms with Crippen LogP contribution in [0.15, 0.2) is 71.6 Å². The number of halogens is 1. The van der Waals surface area contributed by atoms with Gasteiger partial charge in [0.25, 0.3) is 0 Å². The van der Waals surface area contributed by atoms with Crippen LogP contribution in [0.25, 0.3) is 0 Å². The van der Waals surface area contributed by atoms with Gasteiger partial charge in [0.05, 0.1) is 30.7 Å². The Morgan fingerprint density at radius 2 is 1.62 bits per heavy atom. The van der Waals surface area contributed by atoms with Crippen LogP contribution in [-0.4, -0.2) is 47.7 Å². The number of hydrogen-bond donors (Lipinski definition) is 2. The molecule has 10 heteroatoms. The largest absolute Gasteiger partial charge is 0.493 e. The Balaban J connectivity index is 1.74. The summed E-state index contributed by atoms with van der Waals surface area (Å²) in [6.45, 7) is 2.50. The summed E-state index contributed by atoms with van der Waals surface area (Å²) in [4.78, 5) is 13.1. The van der Waals surface area contributed by atoms with Gasteiger partial charge >= 0.3 is 0 Å². The van der Waals surface area contributed by atoms with Gasteiger partial charge in [-0.25, -0.2) is 8.42 Å². The van der Waals surface area contributed by atoms with Gasteiger partial charge in [0.1, 0.15) is 11.8 Å². The van der Waals surface area contributed by atoms with E-state index in [0.29, 0.717) is 36.8 Å². The number of benzene rings is 3. The second-order valence-corrected chi connectivity index (χ2v) is 10.2. The molecule has 1 atom stereocenters. The highest BCUT2D eigenvalue weighted by molar-refractivity contribution is 7.89. The van der Waals surface area contributed by atoms with Crippen molar-refractivity contribution < 1.29 is 27.4 Å². The molecule has 1 unspecified atom stereocenters. The molecule has 0 saturated heterocycles. The molecule has 0 bridgehead atoms. The molecule has 0 radical (unpaired) electrons. The zero-order chi connectivity index (χ0) is 26.8. The third-order valence-electron chi connectivity index (χ3n) is 5.57. The first-order valence-electron chi connectivity index (χ1n) is 11.7. The van der Waals surface area contributed by atoms with Crippen molar-refractivity contribution in [1.82, 2.24) is 10.0 Å². The number of ether oxygens (including phenoxy) is 3. The van der Waals surface area contributed by atoms with E-state index in [-0.39, 0.29) is 16.3 Å². The summed E-state index contributed by atoms with van der Waals surface area (Å²) in [5, 5.41) is 3.01. The molecular formula is C27H31ClN2O6S. The standard InChI is InChI=1S/C27H31ClN2O6S/c1-4-36-24-13-11-21(18-22(24)28)37(32,33)30-23(16-19-8-6-5-7-9-19)27(31)29-15-14-20-10-12-25(34-2)26(17-20)35-3/h5-13,17-18,23,30H,4,14-16H2,1-3H3,(H,29,31). The molecule has 0 aliphatic rings. The van der Waals surface area contributed by atoms with Crippen LogP contribution in [-0.2, 0) is 27.7 Å². The monoisotopic (exact) mass is 546 g/mol. The van der Waals surface area contributed by atoms with Crippen LogP contribution in [0.5, 0.6) is 17.2 Å². The molecule has 0 spiro atoms. The molecule has 0 aliphatic carbocycles. The lowest BCUT2D eigenvalue weighted by Gasteiger charge is -2.19.